The van der Waals surface area contributed by atoms with E-state index in [0.29, 0.717) is 22.7 Å². The largest absolute Gasteiger partial charge is 0.506 e. The number of phenols is 1. The number of nitrogen functional groups attached to an aromatic ring is 2. The first kappa shape index (κ1) is 10.9. The van der Waals surface area contributed by atoms with Gasteiger partial charge in [0.1, 0.15) is 17.1 Å². The average molecular weight is 228 g/mol. The third-order valence-electron chi connectivity index (χ3n) is 2.20. The Kier molecular flexibility index (Phi) is 2.91. The molecule has 5 N–H and O–H groups in total. The number of azo groups is 1. The zero-order chi connectivity index (χ0) is 12.3. The van der Waals surface area contributed by atoms with Crippen LogP contribution in [-0.2, 0) is 0 Å². The first-order chi connectivity index (χ1) is 8.16. The molecule has 0 saturated carbocycles. The quantitative estimate of drug-likeness (QED) is 0.544. The predicted octanol–water partition coefficient (Wildman–Crippen LogP) is 2.97. The lowest BCUT2D eigenvalue weighted by atomic mass is 10.2. The zero-order valence-electron chi connectivity index (χ0n) is 9.04. The van der Waals surface area contributed by atoms with E-state index in [1.54, 1.807) is 24.3 Å². The summed E-state index contributed by atoms with van der Waals surface area (Å²) in [4.78, 5) is 0. The second-order valence-corrected chi connectivity index (χ2v) is 3.51. The van der Waals surface area contributed by atoms with Gasteiger partial charge in [-0.05, 0) is 24.3 Å². The SMILES string of the molecule is Nc1ccc(N=Nc2ccccc2N)c(O)c1. The summed E-state index contributed by atoms with van der Waals surface area (Å²) >= 11 is 0. The van der Waals surface area contributed by atoms with Crippen molar-refractivity contribution in [3.63, 3.8) is 0 Å². The van der Waals surface area contributed by atoms with Gasteiger partial charge in [0.15, 0.2) is 0 Å². The van der Waals surface area contributed by atoms with Gasteiger partial charge < -0.3 is 16.6 Å². The van der Waals surface area contributed by atoms with E-state index in [-0.39, 0.29) is 5.75 Å². The lowest BCUT2D eigenvalue weighted by Crippen LogP contribution is -1.83. The maximum Gasteiger partial charge on any atom is 0.145 e. The third-order valence-corrected chi connectivity index (χ3v) is 2.20. The molecular weight excluding hydrogens is 216 g/mol. The third kappa shape index (κ3) is 2.52. The smallest absolute Gasteiger partial charge is 0.145 e. The maximum atomic E-state index is 9.57. The summed E-state index contributed by atoms with van der Waals surface area (Å²) in [6.07, 6.45) is 0. The summed E-state index contributed by atoms with van der Waals surface area (Å²) in [5.41, 5.74) is 13.1. The van der Waals surface area contributed by atoms with Crippen molar-refractivity contribution in [2.24, 2.45) is 10.2 Å². The van der Waals surface area contributed by atoms with Gasteiger partial charge in [-0.2, -0.15) is 0 Å². The van der Waals surface area contributed by atoms with Gasteiger partial charge in [-0.1, -0.05) is 12.1 Å². The van der Waals surface area contributed by atoms with Gasteiger partial charge in [0.2, 0.25) is 0 Å². The minimum atomic E-state index is -0.0109. The van der Waals surface area contributed by atoms with Crippen molar-refractivity contribution >= 4 is 22.7 Å². The van der Waals surface area contributed by atoms with Crippen molar-refractivity contribution in [1.82, 2.24) is 0 Å². The number of benzene rings is 2. The Balaban J connectivity index is 2.29. The minimum Gasteiger partial charge on any atom is -0.506 e. The number of aromatic hydroxyl groups is 1. The Labute approximate surface area is 98.4 Å². The zero-order valence-corrected chi connectivity index (χ0v) is 9.04. The van der Waals surface area contributed by atoms with Crippen LogP contribution in [0, 0.1) is 0 Å². The number of hydrogen-bond donors (Lipinski definition) is 3. The Bertz CT molecular complexity index is 566. The Morgan fingerprint density at radius 2 is 1.59 bits per heavy atom. The van der Waals surface area contributed by atoms with Crippen molar-refractivity contribution in [1.29, 1.82) is 0 Å². The lowest BCUT2D eigenvalue weighted by Gasteiger charge is -2.00. The summed E-state index contributed by atoms with van der Waals surface area (Å²) in [5.74, 6) is -0.0109. The second kappa shape index (κ2) is 4.52. The van der Waals surface area contributed by atoms with Crippen molar-refractivity contribution in [3.05, 3.63) is 42.5 Å². The van der Waals surface area contributed by atoms with Crippen LogP contribution in [0.2, 0.25) is 0 Å². The fourth-order valence-corrected chi connectivity index (χ4v) is 1.31. The van der Waals surface area contributed by atoms with E-state index < -0.39 is 0 Å². The van der Waals surface area contributed by atoms with Crippen LogP contribution >= 0.6 is 0 Å². The van der Waals surface area contributed by atoms with E-state index in [9.17, 15) is 5.11 Å². The molecule has 0 aliphatic heterocycles. The normalized spacial score (nSPS) is 10.8. The lowest BCUT2D eigenvalue weighted by molar-refractivity contribution is 0.476. The molecule has 0 saturated heterocycles. The number of anilines is 2. The van der Waals surface area contributed by atoms with E-state index in [0.717, 1.165) is 0 Å². The number of phenolic OH excluding ortho intramolecular Hbond substituents is 1. The number of para-hydroxylation sites is 1. The van der Waals surface area contributed by atoms with Crippen molar-refractivity contribution < 1.29 is 5.11 Å². The van der Waals surface area contributed by atoms with Crippen molar-refractivity contribution in [2.45, 2.75) is 0 Å². The molecule has 0 fully saturated rings. The topological polar surface area (TPSA) is 97.0 Å². The number of nitrogens with zero attached hydrogens (tertiary/aromatic N) is 2. The molecular formula is C12H12N4O. The van der Waals surface area contributed by atoms with Crippen molar-refractivity contribution in [2.75, 3.05) is 11.5 Å². The number of nitrogens with two attached hydrogens (primary N) is 2. The van der Waals surface area contributed by atoms with Gasteiger partial charge in [-0.25, -0.2) is 0 Å². The highest BCUT2D eigenvalue weighted by molar-refractivity contribution is 5.62. The van der Waals surface area contributed by atoms with Crippen LogP contribution in [0.4, 0.5) is 22.7 Å². The summed E-state index contributed by atoms with van der Waals surface area (Å²) in [6, 6.07) is 11.8. The highest BCUT2D eigenvalue weighted by Gasteiger charge is 2.00. The molecule has 0 heterocycles. The van der Waals surface area contributed by atoms with E-state index in [4.69, 9.17) is 11.5 Å². The molecule has 0 unspecified atom stereocenters. The van der Waals surface area contributed by atoms with E-state index in [1.807, 2.05) is 12.1 Å². The predicted molar refractivity (Wildman–Crippen MR) is 67.5 cm³/mol. The molecule has 0 aliphatic carbocycles. The molecule has 2 aromatic carbocycles. The fraction of sp³-hybridized carbons (Fsp3) is 0. The van der Waals surface area contributed by atoms with Crippen LogP contribution in [0.3, 0.4) is 0 Å². The molecule has 0 aromatic heterocycles. The molecule has 5 heteroatoms. The summed E-state index contributed by atoms with van der Waals surface area (Å²) < 4.78 is 0. The van der Waals surface area contributed by atoms with Crippen LogP contribution < -0.4 is 11.5 Å². The minimum absolute atomic E-state index is 0.0109. The van der Waals surface area contributed by atoms with Crippen molar-refractivity contribution in [3.8, 4) is 5.75 Å². The molecule has 2 rings (SSSR count). The monoisotopic (exact) mass is 228 g/mol. The average Bonchev–Trinajstić information content (AvgIpc) is 2.30. The molecule has 0 spiro atoms. The van der Waals surface area contributed by atoms with Crippen LogP contribution in [0.1, 0.15) is 0 Å². The molecule has 0 aliphatic rings. The van der Waals surface area contributed by atoms with Gasteiger partial charge in [0.05, 0.1) is 5.69 Å². The Morgan fingerprint density at radius 1 is 0.882 bits per heavy atom. The van der Waals surface area contributed by atoms with Gasteiger partial charge in [0.25, 0.3) is 0 Å². The number of hydrogen-bond acceptors (Lipinski definition) is 5. The molecule has 0 atom stereocenters. The van der Waals surface area contributed by atoms with E-state index >= 15 is 0 Å². The molecule has 0 amide bonds. The van der Waals surface area contributed by atoms with Gasteiger partial charge >= 0.3 is 0 Å². The summed E-state index contributed by atoms with van der Waals surface area (Å²) in [5, 5.41) is 17.5. The first-order valence-electron chi connectivity index (χ1n) is 5.01. The standard InChI is InChI=1S/C12H12N4O/c13-8-5-6-11(12(17)7-8)16-15-10-4-2-1-3-9(10)14/h1-7,17H,13-14H2. The van der Waals surface area contributed by atoms with Gasteiger partial charge in [-0.3, -0.25) is 0 Å². The van der Waals surface area contributed by atoms with Crippen LogP contribution in [0.25, 0.3) is 0 Å². The molecule has 5 nitrogen and oxygen atoms in total. The Morgan fingerprint density at radius 3 is 2.29 bits per heavy atom. The van der Waals surface area contributed by atoms with Crippen LogP contribution in [0.5, 0.6) is 5.75 Å². The molecule has 0 bridgehead atoms. The highest BCUT2D eigenvalue weighted by atomic mass is 16.3. The Hall–Kier alpha value is -2.56. The van der Waals surface area contributed by atoms with E-state index in [2.05, 4.69) is 10.2 Å². The van der Waals surface area contributed by atoms with Crippen LogP contribution in [0.15, 0.2) is 52.7 Å². The second-order valence-electron chi connectivity index (χ2n) is 3.51. The summed E-state index contributed by atoms with van der Waals surface area (Å²) in [6.45, 7) is 0. The van der Waals surface area contributed by atoms with Gasteiger partial charge in [-0.15, -0.1) is 10.2 Å². The molecule has 0 radical (unpaired) electrons. The number of rotatable bonds is 2. The van der Waals surface area contributed by atoms with Gasteiger partial charge in [0, 0.05) is 11.8 Å². The maximum absolute atomic E-state index is 9.57. The van der Waals surface area contributed by atoms with E-state index in [1.165, 1.54) is 6.07 Å². The van der Waals surface area contributed by atoms with Crippen LogP contribution in [-0.4, -0.2) is 5.11 Å². The first-order valence-corrected chi connectivity index (χ1v) is 5.01. The molecule has 86 valence electrons. The summed E-state index contributed by atoms with van der Waals surface area (Å²) in [7, 11) is 0. The molecule has 2 aromatic rings. The fourth-order valence-electron chi connectivity index (χ4n) is 1.31. The highest BCUT2D eigenvalue weighted by Crippen LogP contribution is 2.30. The molecule has 17 heavy (non-hydrogen) atoms.